The number of carbonyl (C=O) groups excluding carboxylic acids is 1. The SMILES string of the molecule is CC(C)(C)OC(=O)N1CCCC(n2nnc3c(Cl)ncnc32)C1. The molecule has 1 atom stereocenters. The van der Waals surface area contributed by atoms with Crippen molar-refractivity contribution in [2.75, 3.05) is 13.1 Å². The number of likely N-dealkylation sites (tertiary alicyclic amines) is 1. The summed E-state index contributed by atoms with van der Waals surface area (Å²) in [6.07, 6.45) is 2.84. The summed E-state index contributed by atoms with van der Waals surface area (Å²) >= 11 is 6.01. The number of ether oxygens (including phenoxy) is 1. The van der Waals surface area contributed by atoms with Gasteiger partial charge < -0.3 is 9.64 Å². The van der Waals surface area contributed by atoms with Crippen molar-refractivity contribution in [3.63, 3.8) is 0 Å². The van der Waals surface area contributed by atoms with Gasteiger partial charge in [-0.1, -0.05) is 16.8 Å². The Labute approximate surface area is 138 Å². The summed E-state index contributed by atoms with van der Waals surface area (Å²) in [7, 11) is 0. The summed E-state index contributed by atoms with van der Waals surface area (Å²) in [6, 6.07) is -0.00719. The molecule has 23 heavy (non-hydrogen) atoms. The molecule has 124 valence electrons. The lowest BCUT2D eigenvalue weighted by molar-refractivity contribution is 0.0168. The molecule has 0 N–H and O–H groups in total. The highest BCUT2D eigenvalue weighted by molar-refractivity contribution is 6.33. The summed E-state index contributed by atoms with van der Waals surface area (Å²) in [4.78, 5) is 22.1. The fraction of sp³-hybridized carbons (Fsp3) is 0.643. The lowest BCUT2D eigenvalue weighted by Crippen LogP contribution is -2.43. The van der Waals surface area contributed by atoms with Gasteiger partial charge in [-0.15, -0.1) is 5.10 Å². The number of rotatable bonds is 1. The number of hydrogen-bond donors (Lipinski definition) is 0. The van der Waals surface area contributed by atoms with Crippen LogP contribution in [0.3, 0.4) is 0 Å². The molecule has 0 spiro atoms. The van der Waals surface area contributed by atoms with Gasteiger partial charge in [-0.25, -0.2) is 19.4 Å². The van der Waals surface area contributed by atoms with E-state index in [4.69, 9.17) is 16.3 Å². The van der Waals surface area contributed by atoms with Gasteiger partial charge in [0, 0.05) is 13.1 Å². The van der Waals surface area contributed by atoms with Crippen molar-refractivity contribution < 1.29 is 9.53 Å². The molecule has 0 radical (unpaired) electrons. The summed E-state index contributed by atoms with van der Waals surface area (Å²) in [6.45, 7) is 6.76. The Balaban J connectivity index is 1.80. The maximum Gasteiger partial charge on any atom is 0.410 e. The van der Waals surface area contributed by atoms with Crippen LogP contribution in [0, 0.1) is 0 Å². The van der Waals surface area contributed by atoms with Crippen LogP contribution in [0.2, 0.25) is 5.15 Å². The molecule has 1 unspecified atom stereocenters. The third kappa shape index (κ3) is 3.36. The predicted molar refractivity (Wildman–Crippen MR) is 84.2 cm³/mol. The second kappa shape index (κ2) is 5.92. The highest BCUT2D eigenvalue weighted by Crippen LogP contribution is 2.26. The van der Waals surface area contributed by atoms with Gasteiger partial charge in [-0.05, 0) is 33.6 Å². The number of halogens is 1. The van der Waals surface area contributed by atoms with Gasteiger partial charge in [0.25, 0.3) is 0 Å². The number of fused-ring (bicyclic) bond motifs is 1. The van der Waals surface area contributed by atoms with Crippen LogP contribution < -0.4 is 0 Å². The smallest absolute Gasteiger partial charge is 0.410 e. The maximum absolute atomic E-state index is 12.3. The van der Waals surface area contributed by atoms with Gasteiger partial charge in [-0.2, -0.15) is 0 Å². The largest absolute Gasteiger partial charge is 0.444 e. The van der Waals surface area contributed by atoms with E-state index in [0.29, 0.717) is 24.3 Å². The molecule has 1 aliphatic rings. The van der Waals surface area contributed by atoms with Crippen LogP contribution >= 0.6 is 11.6 Å². The molecular weight excluding hydrogens is 320 g/mol. The van der Waals surface area contributed by atoms with Gasteiger partial charge in [-0.3, -0.25) is 0 Å². The first kappa shape index (κ1) is 15.9. The molecule has 2 aromatic rings. The number of aromatic nitrogens is 5. The minimum Gasteiger partial charge on any atom is -0.444 e. The molecule has 3 heterocycles. The van der Waals surface area contributed by atoms with E-state index >= 15 is 0 Å². The molecule has 0 bridgehead atoms. The second-order valence-electron chi connectivity index (χ2n) is 6.59. The molecule has 1 aliphatic heterocycles. The first-order valence-corrected chi connectivity index (χ1v) is 7.92. The molecule has 1 fully saturated rings. The van der Waals surface area contributed by atoms with E-state index in [0.717, 1.165) is 12.8 Å². The number of nitrogens with zero attached hydrogens (tertiary/aromatic N) is 6. The van der Waals surface area contributed by atoms with Crippen molar-refractivity contribution in [2.45, 2.75) is 45.3 Å². The van der Waals surface area contributed by atoms with Crippen molar-refractivity contribution >= 4 is 28.9 Å². The van der Waals surface area contributed by atoms with Crippen LogP contribution in [0.15, 0.2) is 6.33 Å². The molecule has 0 aromatic carbocycles. The van der Waals surface area contributed by atoms with Crippen molar-refractivity contribution in [2.24, 2.45) is 0 Å². The van der Waals surface area contributed by atoms with Gasteiger partial charge >= 0.3 is 6.09 Å². The van der Waals surface area contributed by atoms with E-state index in [2.05, 4.69) is 20.3 Å². The molecule has 3 rings (SSSR count). The number of amides is 1. The number of hydrogen-bond acceptors (Lipinski definition) is 6. The average Bonchev–Trinajstić information content (AvgIpc) is 2.91. The molecule has 2 aromatic heterocycles. The van der Waals surface area contributed by atoms with E-state index in [9.17, 15) is 4.79 Å². The Kier molecular flexibility index (Phi) is 4.09. The molecule has 0 aliphatic carbocycles. The van der Waals surface area contributed by atoms with E-state index in [-0.39, 0.29) is 17.3 Å². The van der Waals surface area contributed by atoms with E-state index in [1.165, 1.54) is 6.33 Å². The highest BCUT2D eigenvalue weighted by Gasteiger charge is 2.30. The van der Waals surface area contributed by atoms with Crippen molar-refractivity contribution in [1.29, 1.82) is 0 Å². The quantitative estimate of drug-likeness (QED) is 0.742. The average molecular weight is 339 g/mol. The standard InChI is InChI=1S/C14H19ClN6O2/c1-14(2,3)23-13(22)20-6-4-5-9(7-20)21-12-10(18-19-21)11(15)16-8-17-12/h8-9H,4-7H2,1-3H3. The Morgan fingerprint density at radius 2 is 2.17 bits per heavy atom. The number of piperidine rings is 1. The summed E-state index contributed by atoms with van der Waals surface area (Å²) in [5.41, 5.74) is 0.551. The van der Waals surface area contributed by atoms with Gasteiger partial charge in [0.2, 0.25) is 0 Å². The second-order valence-corrected chi connectivity index (χ2v) is 6.95. The maximum atomic E-state index is 12.3. The van der Waals surface area contributed by atoms with Crippen LogP contribution in [-0.4, -0.2) is 54.6 Å². The Morgan fingerprint density at radius 1 is 1.39 bits per heavy atom. The Morgan fingerprint density at radius 3 is 2.91 bits per heavy atom. The summed E-state index contributed by atoms with van der Waals surface area (Å²) < 4.78 is 7.17. The van der Waals surface area contributed by atoms with Crippen molar-refractivity contribution in [3.05, 3.63) is 11.5 Å². The zero-order valence-electron chi connectivity index (χ0n) is 13.4. The van der Waals surface area contributed by atoms with Crippen LogP contribution in [-0.2, 0) is 4.74 Å². The van der Waals surface area contributed by atoms with Crippen molar-refractivity contribution in [1.82, 2.24) is 29.9 Å². The fourth-order valence-corrected chi connectivity index (χ4v) is 2.80. The lowest BCUT2D eigenvalue weighted by atomic mass is 10.1. The zero-order chi connectivity index (χ0) is 16.6. The molecule has 1 amide bonds. The normalized spacial score (nSPS) is 19.1. The highest BCUT2D eigenvalue weighted by atomic mass is 35.5. The Hall–Kier alpha value is -1.96. The molecule has 0 saturated carbocycles. The Bertz CT molecular complexity index is 726. The fourth-order valence-electron chi connectivity index (χ4n) is 2.63. The van der Waals surface area contributed by atoms with E-state index < -0.39 is 5.60 Å². The molecule has 8 nitrogen and oxygen atoms in total. The molecule has 1 saturated heterocycles. The first-order valence-electron chi connectivity index (χ1n) is 7.54. The lowest BCUT2D eigenvalue weighted by Gasteiger charge is -2.33. The van der Waals surface area contributed by atoms with Crippen LogP contribution in [0.5, 0.6) is 0 Å². The number of carbonyl (C=O) groups is 1. The van der Waals surface area contributed by atoms with Crippen LogP contribution in [0.1, 0.15) is 39.7 Å². The molecule has 9 heteroatoms. The third-order valence-electron chi connectivity index (χ3n) is 3.61. The van der Waals surface area contributed by atoms with Crippen LogP contribution in [0.25, 0.3) is 11.2 Å². The predicted octanol–water partition coefficient (Wildman–Crippen LogP) is 2.45. The molecular formula is C14H19ClN6O2. The minimum atomic E-state index is -0.509. The van der Waals surface area contributed by atoms with E-state index in [1.54, 1.807) is 9.58 Å². The van der Waals surface area contributed by atoms with Crippen molar-refractivity contribution in [3.8, 4) is 0 Å². The monoisotopic (exact) mass is 338 g/mol. The first-order chi connectivity index (χ1) is 10.8. The van der Waals surface area contributed by atoms with E-state index in [1.807, 2.05) is 20.8 Å². The summed E-state index contributed by atoms with van der Waals surface area (Å²) in [5, 5.41) is 8.47. The van der Waals surface area contributed by atoms with Gasteiger partial charge in [0.05, 0.1) is 6.04 Å². The summed E-state index contributed by atoms with van der Waals surface area (Å²) in [5.74, 6) is 0. The van der Waals surface area contributed by atoms with Gasteiger partial charge in [0.15, 0.2) is 16.3 Å². The zero-order valence-corrected chi connectivity index (χ0v) is 14.1. The minimum absolute atomic E-state index is 0.00719. The van der Waals surface area contributed by atoms with Crippen LogP contribution in [0.4, 0.5) is 4.79 Å². The third-order valence-corrected chi connectivity index (χ3v) is 3.89. The topological polar surface area (TPSA) is 86.0 Å². The van der Waals surface area contributed by atoms with Gasteiger partial charge in [0.1, 0.15) is 11.9 Å².